The predicted molar refractivity (Wildman–Crippen MR) is 72.4 cm³/mol. The summed E-state index contributed by atoms with van der Waals surface area (Å²) >= 11 is 9.18. The van der Waals surface area contributed by atoms with Crippen molar-refractivity contribution in [1.82, 2.24) is 5.32 Å². The number of ether oxygens (including phenoxy) is 1. The number of nitrogens with one attached hydrogen (secondary N) is 1. The van der Waals surface area contributed by atoms with Crippen LogP contribution in [0.2, 0.25) is 5.02 Å². The van der Waals surface area contributed by atoms with Gasteiger partial charge in [-0.3, -0.25) is 4.79 Å². The Morgan fingerprint density at radius 2 is 2.21 bits per heavy atom. The van der Waals surface area contributed by atoms with Crippen molar-refractivity contribution < 1.29 is 19.4 Å². The Bertz CT molecular complexity index is 528. The van der Waals surface area contributed by atoms with Crippen LogP contribution in [0.15, 0.2) is 22.7 Å². The maximum atomic E-state index is 12.1. The zero-order valence-electron chi connectivity index (χ0n) is 9.78. The fourth-order valence-corrected chi connectivity index (χ4v) is 2.41. The van der Waals surface area contributed by atoms with Crippen molar-refractivity contribution in [2.45, 2.75) is 12.0 Å². The summed E-state index contributed by atoms with van der Waals surface area (Å²) in [5.74, 6) is -1.64. The van der Waals surface area contributed by atoms with Crippen LogP contribution in [0.25, 0.3) is 0 Å². The third-order valence-electron chi connectivity index (χ3n) is 2.96. The SMILES string of the molecule is O=C(NC1(C(=O)O)CCOC1)c1cc(Br)ccc1Cl. The van der Waals surface area contributed by atoms with Gasteiger partial charge in [-0.15, -0.1) is 0 Å². The summed E-state index contributed by atoms with van der Waals surface area (Å²) < 4.78 is 5.76. The van der Waals surface area contributed by atoms with E-state index in [9.17, 15) is 14.7 Å². The molecule has 1 saturated heterocycles. The van der Waals surface area contributed by atoms with Crippen LogP contribution in [0, 0.1) is 0 Å². The number of carboxylic acid groups (broad SMARTS) is 1. The normalized spacial score (nSPS) is 22.2. The molecular formula is C12H11BrClNO4. The van der Waals surface area contributed by atoms with Gasteiger partial charge in [0, 0.05) is 17.5 Å². The Balaban J connectivity index is 2.25. The van der Waals surface area contributed by atoms with E-state index in [1.165, 1.54) is 0 Å². The molecule has 1 fully saturated rings. The van der Waals surface area contributed by atoms with Crippen LogP contribution in [-0.2, 0) is 9.53 Å². The molecule has 5 nitrogen and oxygen atoms in total. The molecule has 1 aliphatic heterocycles. The third-order valence-corrected chi connectivity index (χ3v) is 3.78. The van der Waals surface area contributed by atoms with E-state index in [4.69, 9.17) is 16.3 Å². The standard InChI is InChI=1S/C12H11BrClNO4/c13-7-1-2-9(14)8(5-7)10(16)15-12(11(17)18)3-4-19-6-12/h1-2,5H,3-4,6H2,(H,15,16)(H,17,18). The molecule has 0 radical (unpaired) electrons. The Morgan fingerprint density at radius 3 is 2.79 bits per heavy atom. The molecule has 19 heavy (non-hydrogen) atoms. The maximum absolute atomic E-state index is 12.1. The largest absolute Gasteiger partial charge is 0.479 e. The molecule has 2 rings (SSSR count). The summed E-state index contributed by atoms with van der Waals surface area (Å²) in [4.78, 5) is 23.5. The van der Waals surface area contributed by atoms with Crippen molar-refractivity contribution >= 4 is 39.4 Å². The second-order valence-electron chi connectivity index (χ2n) is 4.27. The molecule has 0 saturated carbocycles. The number of carbonyl (C=O) groups excluding carboxylic acids is 1. The number of aliphatic carboxylic acids is 1. The van der Waals surface area contributed by atoms with Crippen LogP contribution < -0.4 is 5.32 Å². The van der Waals surface area contributed by atoms with Gasteiger partial charge in [-0.2, -0.15) is 0 Å². The van der Waals surface area contributed by atoms with E-state index in [0.29, 0.717) is 11.1 Å². The van der Waals surface area contributed by atoms with Gasteiger partial charge in [0.1, 0.15) is 0 Å². The monoisotopic (exact) mass is 347 g/mol. The number of hydrogen-bond donors (Lipinski definition) is 2. The average Bonchev–Trinajstić information content (AvgIpc) is 2.82. The van der Waals surface area contributed by atoms with E-state index in [-0.39, 0.29) is 23.6 Å². The number of carbonyl (C=O) groups is 2. The molecule has 1 aliphatic rings. The number of carboxylic acids is 1. The molecule has 1 atom stereocenters. The highest BCUT2D eigenvalue weighted by Gasteiger charge is 2.44. The first-order chi connectivity index (χ1) is 8.94. The van der Waals surface area contributed by atoms with E-state index in [1.807, 2.05) is 0 Å². The molecule has 0 bridgehead atoms. The molecule has 1 amide bonds. The number of amides is 1. The minimum absolute atomic E-state index is 0.0420. The lowest BCUT2D eigenvalue weighted by atomic mass is 9.98. The molecule has 7 heteroatoms. The quantitative estimate of drug-likeness (QED) is 0.877. The molecule has 2 N–H and O–H groups in total. The zero-order valence-corrected chi connectivity index (χ0v) is 12.1. The first kappa shape index (κ1) is 14.3. The van der Waals surface area contributed by atoms with Crippen molar-refractivity contribution in [3.8, 4) is 0 Å². The number of rotatable bonds is 3. The second kappa shape index (κ2) is 5.48. The highest BCUT2D eigenvalue weighted by Crippen LogP contribution is 2.24. The first-order valence-electron chi connectivity index (χ1n) is 5.53. The highest BCUT2D eigenvalue weighted by molar-refractivity contribution is 9.10. The van der Waals surface area contributed by atoms with Gasteiger partial charge in [0.25, 0.3) is 5.91 Å². The molecule has 0 spiro atoms. The average molecular weight is 349 g/mol. The maximum Gasteiger partial charge on any atom is 0.331 e. The van der Waals surface area contributed by atoms with Gasteiger partial charge >= 0.3 is 5.97 Å². The van der Waals surface area contributed by atoms with Gasteiger partial charge in [0.2, 0.25) is 0 Å². The van der Waals surface area contributed by atoms with E-state index in [0.717, 1.165) is 0 Å². The van der Waals surface area contributed by atoms with Crippen LogP contribution in [0.3, 0.4) is 0 Å². The summed E-state index contributed by atoms with van der Waals surface area (Å²) in [6.45, 7) is 0.262. The molecule has 0 aliphatic carbocycles. The molecule has 1 aromatic rings. The molecule has 102 valence electrons. The Labute approximate surface area is 123 Å². The van der Waals surface area contributed by atoms with Crippen molar-refractivity contribution in [2.24, 2.45) is 0 Å². The van der Waals surface area contributed by atoms with Crippen LogP contribution >= 0.6 is 27.5 Å². The Morgan fingerprint density at radius 1 is 1.47 bits per heavy atom. The Kier molecular flexibility index (Phi) is 4.13. The first-order valence-corrected chi connectivity index (χ1v) is 6.70. The summed E-state index contributed by atoms with van der Waals surface area (Å²) in [7, 11) is 0. The summed E-state index contributed by atoms with van der Waals surface area (Å²) in [6.07, 6.45) is 0.236. The molecular weight excluding hydrogens is 337 g/mol. The van der Waals surface area contributed by atoms with Crippen molar-refractivity contribution in [3.63, 3.8) is 0 Å². The smallest absolute Gasteiger partial charge is 0.331 e. The van der Waals surface area contributed by atoms with Crippen LogP contribution in [-0.4, -0.2) is 35.7 Å². The van der Waals surface area contributed by atoms with E-state index < -0.39 is 17.4 Å². The summed E-state index contributed by atoms with van der Waals surface area (Å²) in [6, 6.07) is 4.81. The summed E-state index contributed by atoms with van der Waals surface area (Å²) in [5, 5.41) is 12.0. The Hall–Kier alpha value is -1.11. The van der Waals surface area contributed by atoms with E-state index >= 15 is 0 Å². The van der Waals surface area contributed by atoms with Crippen molar-refractivity contribution in [1.29, 1.82) is 0 Å². The van der Waals surface area contributed by atoms with Gasteiger partial charge in [0.05, 0.1) is 17.2 Å². The summed E-state index contributed by atoms with van der Waals surface area (Å²) in [5.41, 5.74) is -1.15. The number of halogens is 2. The van der Waals surface area contributed by atoms with Gasteiger partial charge < -0.3 is 15.2 Å². The van der Waals surface area contributed by atoms with E-state index in [1.54, 1.807) is 18.2 Å². The van der Waals surface area contributed by atoms with E-state index in [2.05, 4.69) is 21.2 Å². The van der Waals surface area contributed by atoms with Crippen LogP contribution in [0.4, 0.5) is 0 Å². The minimum atomic E-state index is -1.37. The second-order valence-corrected chi connectivity index (χ2v) is 5.59. The fraction of sp³-hybridized carbons (Fsp3) is 0.333. The lowest BCUT2D eigenvalue weighted by molar-refractivity contribution is -0.144. The fourth-order valence-electron chi connectivity index (χ4n) is 1.84. The molecule has 0 aromatic heterocycles. The number of benzene rings is 1. The van der Waals surface area contributed by atoms with Crippen LogP contribution in [0.1, 0.15) is 16.8 Å². The third kappa shape index (κ3) is 2.91. The number of hydrogen-bond acceptors (Lipinski definition) is 3. The topological polar surface area (TPSA) is 75.6 Å². The van der Waals surface area contributed by atoms with Crippen molar-refractivity contribution in [2.75, 3.05) is 13.2 Å². The molecule has 1 unspecified atom stereocenters. The van der Waals surface area contributed by atoms with Gasteiger partial charge in [-0.25, -0.2) is 4.79 Å². The lowest BCUT2D eigenvalue weighted by Gasteiger charge is -2.23. The predicted octanol–water partition coefficient (Wildman–Crippen LogP) is 2.08. The molecule has 1 heterocycles. The van der Waals surface area contributed by atoms with Crippen LogP contribution in [0.5, 0.6) is 0 Å². The minimum Gasteiger partial charge on any atom is -0.479 e. The van der Waals surface area contributed by atoms with Gasteiger partial charge in [-0.1, -0.05) is 27.5 Å². The van der Waals surface area contributed by atoms with Gasteiger partial charge in [-0.05, 0) is 18.2 Å². The van der Waals surface area contributed by atoms with Crippen molar-refractivity contribution in [3.05, 3.63) is 33.3 Å². The zero-order chi connectivity index (χ0) is 14.0. The molecule has 1 aromatic carbocycles. The highest BCUT2D eigenvalue weighted by atomic mass is 79.9. The lowest BCUT2D eigenvalue weighted by Crippen LogP contribution is -2.55. The van der Waals surface area contributed by atoms with Gasteiger partial charge in [0.15, 0.2) is 5.54 Å².